The van der Waals surface area contributed by atoms with E-state index in [0.29, 0.717) is 5.92 Å². The number of rotatable bonds is 2. The normalized spacial score (nSPS) is 18.8. The molecule has 0 spiro atoms. The highest BCUT2D eigenvalue weighted by molar-refractivity contribution is 6.51. The van der Waals surface area contributed by atoms with Gasteiger partial charge in [-0.15, -0.1) is 0 Å². The Hall–Kier alpha value is -0.655. The Bertz CT molecular complexity index is 161. The molecule has 0 aliphatic carbocycles. The van der Waals surface area contributed by atoms with E-state index < -0.39 is 0 Å². The molecule has 2 heteroatoms. The SMILES string of the molecule is CCC(C)C1=COC=C[B]1. The second kappa shape index (κ2) is 3.50. The lowest BCUT2D eigenvalue weighted by atomic mass is 9.64. The quantitative estimate of drug-likeness (QED) is 0.526. The molecule has 1 atom stereocenters. The van der Waals surface area contributed by atoms with Crippen LogP contribution in [0.4, 0.5) is 0 Å². The fraction of sp³-hybridized carbons (Fsp3) is 0.500. The van der Waals surface area contributed by atoms with Gasteiger partial charge in [-0.05, 0) is 5.92 Å². The van der Waals surface area contributed by atoms with E-state index in [1.807, 2.05) is 12.2 Å². The summed E-state index contributed by atoms with van der Waals surface area (Å²) in [4.78, 5) is 0. The smallest absolute Gasteiger partial charge is 0.184 e. The molecule has 10 heavy (non-hydrogen) atoms. The van der Waals surface area contributed by atoms with Crippen LogP contribution in [0.5, 0.6) is 0 Å². The van der Waals surface area contributed by atoms with Crippen LogP contribution < -0.4 is 0 Å². The fourth-order valence-electron chi connectivity index (χ4n) is 0.869. The van der Waals surface area contributed by atoms with Crippen LogP contribution >= 0.6 is 0 Å². The first-order valence-electron chi connectivity index (χ1n) is 3.70. The van der Waals surface area contributed by atoms with Gasteiger partial charge in [0.05, 0.1) is 12.5 Å². The lowest BCUT2D eigenvalue weighted by Crippen LogP contribution is -2.07. The second-order valence-corrected chi connectivity index (χ2v) is 2.56. The molecule has 0 fully saturated rings. The summed E-state index contributed by atoms with van der Waals surface area (Å²) < 4.78 is 5.03. The minimum atomic E-state index is 0.616. The molecule has 53 valence electrons. The maximum Gasteiger partial charge on any atom is 0.184 e. The number of ether oxygens (including phenoxy) is 1. The zero-order valence-electron chi connectivity index (χ0n) is 6.50. The van der Waals surface area contributed by atoms with Gasteiger partial charge in [0, 0.05) is 0 Å². The maximum absolute atomic E-state index is 5.03. The van der Waals surface area contributed by atoms with Crippen molar-refractivity contribution in [2.75, 3.05) is 0 Å². The summed E-state index contributed by atoms with van der Waals surface area (Å²) in [6.07, 6.45) is 4.67. The average molecular weight is 135 g/mol. The van der Waals surface area contributed by atoms with Crippen LogP contribution in [-0.2, 0) is 4.74 Å². The topological polar surface area (TPSA) is 9.23 Å². The van der Waals surface area contributed by atoms with Gasteiger partial charge in [0.25, 0.3) is 0 Å². The van der Waals surface area contributed by atoms with E-state index in [4.69, 9.17) is 4.74 Å². The van der Waals surface area contributed by atoms with Gasteiger partial charge in [-0.25, -0.2) is 0 Å². The van der Waals surface area contributed by atoms with Crippen LogP contribution in [-0.4, -0.2) is 7.28 Å². The van der Waals surface area contributed by atoms with Crippen LogP contribution in [0.2, 0.25) is 0 Å². The van der Waals surface area contributed by atoms with Gasteiger partial charge in [-0.2, -0.15) is 0 Å². The van der Waals surface area contributed by atoms with Crippen LogP contribution in [0.25, 0.3) is 0 Å². The third kappa shape index (κ3) is 1.66. The molecule has 0 N–H and O–H groups in total. The van der Waals surface area contributed by atoms with Gasteiger partial charge in [0.15, 0.2) is 7.28 Å². The van der Waals surface area contributed by atoms with Crippen molar-refractivity contribution in [1.82, 2.24) is 0 Å². The van der Waals surface area contributed by atoms with Crippen molar-refractivity contribution in [3.05, 3.63) is 24.0 Å². The third-order valence-corrected chi connectivity index (χ3v) is 1.83. The van der Waals surface area contributed by atoms with Crippen molar-refractivity contribution in [1.29, 1.82) is 0 Å². The zero-order valence-corrected chi connectivity index (χ0v) is 6.50. The van der Waals surface area contributed by atoms with E-state index in [0.717, 1.165) is 0 Å². The number of hydrogen-bond acceptors (Lipinski definition) is 1. The minimum absolute atomic E-state index is 0.616. The Kier molecular flexibility index (Phi) is 2.61. The maximum atomic E-state index is 5.03. The minimum Gasteiger partial charge on any atom is -0.475 e. The van der Waals surface area contributed by atoms with Gasteiger partial charge in [0.1, 0.15) is 0 Å². The molecule has 0 saturated heterocycles. The van der Waals surface area contributed by atoms with Crippen LogP contribution in [0.15, 0.2) is 24.0 Å². The summed E-state index contributed by atoms with van der Waals surface area (Å²) in [5.41, 5.74) is 1.28. The van der Waals surface area contributed by atoms with Crippen molar-refractivity contribution >= 4 is 7.28 Å². The highest BCUT2D eigenvalue weighted by Crippen LogP contribution is 2.15. The third-order valence-electron chi connectivity index (χ3n) is 1.83. The summed E-state index contributed by atoms with van der Waals surface area (Å²) in [6.45, 7) is 4.38. The first-order valence-corrected chi connectivity index (χ1v) is 3.70. The van der Waals surface area contributed by atoms with Gasteiger partial charge >= 0.3 is 0 Å². The molecule has 1 nitrogen and oxygen atoms in total. The molecule has 0 bridgehead atoms. The first-order chi connectivity index (χ1) is 4.84. The molecule has 0 saturated carbocycles. The van der Waals surface area contributed by atoms with Crippen molar-refractivity contribution < 1.29 is 4.74 Å². The van der Waals surface area contributed by atoms with Gasteiger partial charge in [0.2, 0.25) is 0 Å². The Morgan fingerprint density at radius 1 is 1.70 bits per heavy atom. The molecule has 1 aliphatic heterocycles. The molecular formula is C8H12BO. The van der Waals surface area contributed by atoms with Crippen LogP contribution in [0, 0.1) is 5.92 Å². The molecule has 0 aromatic heterocycles. The van der Waals surface area contributed by atoms with Gasteiger partial charge in [-0.1, -0.05) is 31.7 Å². The Labute approximate surface area is 63.0 Å². The predicted molar refractivity (Wildman–Crippen MR) is 43.5 cm³/mol. The number of hydrogen-bond donors (Lipinski definition) is 0. The second-order valence-electron chi connectivity index (χ2n) is 2.56. The summed E-state index contributed by atoms with van der Waals surface area (Å²) in [6, 6.07) is 0. The molecular weight excluding hydrogens is 123 g/mol. The summed E-state index contributed by atoms with van der Waals surface area (Å²) in [5, 5.41) is 0. The average Bonchev–Trinajstić information content (AvgIpc) is 2.05. The molecule has 1 radical (unpaired) electrons. The standard InChI is InChI=1S/C8H12BO/c1-3-7(2)8-6-10-5-4-9-8/h4-7H,3H2,1-2H3. The van der Waals surface area contributed by atoms with Crippen molar-refractivity contribution in [2.24, 2.45) is 5.92 Å². The first kappa shape index (κ1) is 7.45. The summed E-state index contributed by atoms with van der Waals surface area (Å²) in [7, 11) is 2.09. The van der Waals surface area contributed by atoms with E-state index in [1.165, 1.54) is 11.9 Å². The fourth-order valence-corrected chi connectivity index (χ4v) is 0.869. The van der Waals surface area contributed by atoms with E-state index >= 15 is 0 Å². The Balaban J connectivity index is 2.47. The molecule has 1 rings (SSSR count). The molecule has 0 aromatic rings. The van der Waals surface area contributed by atoms with Gasteiger partial charge in [-0.3, -0.25) is 0 Å². The van der Waals surface area contributed by atoms with Crippen molar-refractivity contribution in [3.8, 4) is 0 Å². The van der Waals surface area contributed by atoms with Crippen LogP contribution in [0.1, 0.15) is 20.3 Å². The molecule has 1 unspecified atom stereocenters. The van der Waals surface area contributed by atoms with E-state index in [1.54, 1.807) is 6.26 Å². The largest absolute Gasteiger partial charge is 0.475 e. The van der Waals surface area contributed by atoms with Crippen LogP contribution in [0.3, 0.4) is 0 Å². The Morgan fingerprint density at radius 2 is 2.50 bits per heavy atom. The monoisotopic (exact) mass is 135 g/mol. The highest BCUT2D eigenvalue weighted by atomic mass is 16.5. The zero-order chi connectivity index (χ0) is 7.40. The molecule has 0 aromatic carbocycles. The molecule has 0 amide bonds. The molecule has 1 heterocycles. The number of allylic oxidation sites excluding steroid dienone is 1. The van der Waals surface area contributed by atoms with Crippen molar-refractivity contribution in [2.45, 2.75) is 20.3 Å². The van der Waals surface area contributed by atoms with E-state index in [-0.39, 0.29) is 0 Å². The lowest BCUT2D eigenvalue weighted by molar-refractivity contribution is 0.392. The lowest BCUT2D eigenvalue weighted by Gasteiger charge is -2.13. The van der Waals surface area contributed by atoms with E-state index in [2.05, 4.69) is 21.1 Å². The van der Waals surface area contributed by atoms with Crippen molar-refractivity contribution in [3.63, 3.8) is 0 Å². The van der Waals surface area contributed by atoms with Gasteiger partial charge < -0.3 is 4.74 Å². The van der Waals surface area contributed by atoms with E-state index in [9.17, 15) is 0 Å². The summed E-state index contributed by atoms with van der Waals surface area (Å²) in [5.74, 6) is 2.55. The predicted octanol–water partition coefficient (Wildman–Crippen LogP) is 2.08. The Morgan fingerprint density at radius 3 is 3.00 bits per heavy atom. The molecule has 1 aliphatic rings. The highest BCUT2D eigenvalue weighted by Gasteiger charge is 2.07. The summed E-state index contributed by atoms with van der Waals surface area (Å²) >= 11 is 0.